The van der Waals surface area contributed by atoms with Gasteiger partial charge in [-0.2, -0.15) is 0 Å². The fraction of sp³-hybridized carbons (Fsp3) is 0.471. The van der Waals surface area contributed by atoms with Crippen LogP contribution in [0.5, 0.6) is 0 Å². The van der Waals surface area contributed by atoms with Crippen molar-refractivity contribution in [3.8, 4) is 0 Å². The minimum absolute atomic E-state index is 0.159. The van der Waals surface area contributed by atoms with E-state index >= 15 is 0 Å². The lowest BCUT2D eigenvalue weighted by atomic mass is 10.0. The van der Waals surface area contributed by atoms with Gasteiger partial charge >= 0.3 is 0 Å². The van der Waals surface area contributed by atoms with Crippen molar-refractivity contribution in [2.75, 3.05) is 6.61 Å². The Morgan fingerprint density at radius 1 is 1.19 bits per heavy atom. The molecule has 0 aliphatic rings. The lowest BCUT2D eigenvalue weighted by Crippen LogP contribution is -2.40. The van der Waals surface area contributed by atoms with Gasteiger partial charge in [0.1, 0.15) is 0 Å². The number of nitrogens with zero attached hydrogens (tertiary/aromatic N) is 2. The van der Waals surface area contributed by atoms with E-state index in [9.17, 15) is 5.11 Å². The molecule has 4 heteroatoms. The lowest BCUT2D eigenvalue weighted by Gasteiger charge is -2.33. The molecule has 1 aromatic carbocycles. The molecule has 3 nitrogen and oxygen atoms in total. The van der Waals surface area contributed by atoms with E-state index in [2.05, 4.69) is 54.9 Å². The van der Waals surface area contributed by atoms with E-state index in [1.54, 1.807) is 11.3 Å². The third-order valence-electron chi connectivity index (χ3n) is 3.85. The molecule has 0 amide bonds. The Bertz CT molecular complexity index is 539. The molecule has 0 spiro atoms. The predicted octanol–water partition coefficient (Wildman–Crippen LogP) is 3.47. The van der Waals surface area contributed by atoms with Crippen molar-refractivity contribution in [3.63, 3.8) is 0 Å². The van der Waals surface area contributed by atoms with Gasteiger partial charge in [-0.25, -0.2) is 4.98 Å². The molecular formula is C17H24N2OS. The lowest BCUT2D eigenvalue weighted by molar-refractivity contribution is 0.0791. The molecule has 114 valence electrons. The standard InChI is InChI=1S/C17H24N2OS/c1-13(2)16(11-20)19(9-15-7-5-4-6-8-15)10-17-14(3)18-12-21-17/h4-8,12-13,16,20H,9-11H2,1-3H3. The number of rotatable bonds is 7. The van der Waals surface area contributed by atoms with Gasteiger partial charge in [0.25, 0.3) is 0 Å². The first-order valence-corrected chi connectivity index (χ1v) is 8.27. The highest BCUT2D eigenvalue weighted by Gasteiger charge is 2.22. The molecule has 1 atom stereocenters. The summed E-state index contributed by atoms with van der Waals surface area (Å²) < 4.78 is 0. The molecule has 1 aromatic heterocycles. The van der Waals surface area contributed by atoms with E-state index in [1.807, 2.05) is 11.6 Å². The molecule has 0 bridgehead atoms. The Morgan fingerprint density at radius 2 is 1.90 bits per heavy atom. The highest BCUT2D eigenvalue weighted by Crippen LogP contribution is 2.21. The van der Waals surface area contributed by atoms with Crippen LogP contribution in [0, 0.1) is 12.8 Å². The number of aliphatic hydroxyl groups excluding tert-OH is 1. The molecular weight excluding hydrogens is 280 g/mol. The van der Waals surface area contributed by atoms with Gasteiger partial charge in [0.15, 0.2) is 0 Å². The SMILES string of the molecule is Cc1ncsc1CN(Cc1ccccc1)C(CO)C(C)C. The highest BCUT2D eigenvalue weighted by atomic mass is 32.1. The van der Waals surface area contributed by atoms with E-state index in [4.69, 9.17) is 0 Å². The molecule has 0 saturated heterocycles. The summed E-state index contributed by atoms with van der Waals surface area (Å²) in [7, 11) is 0. The summed E-state index contributed by atoms with van der Waals surface area (Å²) >= 11 is 1.69. The van der Waals surface area contributed by atoms with Crippen molar-refractivity contribution < 1.29 is 5.11 Å². The number of hydrogen-bond donors (Lipinski definition) is 1. The maximum absolute atomic E-state index is 9.79. The Labute approximate surface area is 131 Å². The van der Waals surface area contributed by atoms with Gasteiger partial charge in [-0.1, -0.05) is 44.2 Å². The molecule has 0 aliphatic carbocycles. The summed E-state index contributed by atoms with van der Waals surface area (Å²) in [6.07, 6.45) is 0. The number of benzene rings is 1. The molecule has 1 heterocycles. The summed E-state index contributed by atoms with van der Waals surface area (Å²) in [6, 6.07) is 10.6. The maximum atomic E-state index is 9.79. The first kappa shape index (κ1) is 16.1. The monoisotopic (exact) mass is 304 g/mol. The zero-order valence-corrected chi connectivity index (χ0v) is 13.8. The molecule has 0 fully saturated rings. The summed E-state index contributed by atoms with van der Waals surface area (Å²) in [4.78, 5) is 7.98. The number of aliphatic hydroxyl groups is 1. The van der Waals surface area contributed by atoms with Crippen LogP contribution in [0.4, 0.5) is 0 Å². The minimum Gasteiger partial charge on any atom is -0.395 e. The number of hydrogen-bond acceptors (Lipinski definition) is 4. The van der Waals surface area contributed by atoms with Crippen molar-refractivity contribution in [2.45, 2.75) is 39.9 Å². The summed E-state index contributed by atoms with van der Waals surface area (Å²) in [6.45, 7) is 8.26. The predicted molar refractivity (Wildman–Crippen MR) is 88.3 cm³/mol. The Morgan fingerprint density at radius 3 is 2.43 bits per heavy atom. The Kier molecular flexibility index (Phi) is 5.91. The van der Waals surface area contributed by atoms with Crippen LogP contribution in [0.15, 0.2) is 35.8 Å². The van der Waals surface area contributed by atoms with E-state index in [1.165, 1.54) is 10.4 Å². The number of aromatic nitrogens is 1. The Hall–Kier alpha value is -1.23. The normalized spacial score (nSPS) is 13.0. The van der Waals surface area contributed by atoms with Crippen LogP contribution in [0.2, 0.25) is 0 Å². The maximum Gasteiger partial charge on any atom is 0.0798 e. The zero-order chi connectivity index (χ0) is 15.2. The van der Waals surface area contributed by atoms with Crippen LogP contribution in [0.1, 0.15) is 30.0 Å². The van der Waals surface area contributed by atoms with Gasteiger partial charge in [-0.3, -0.25) is 4.90 Å². The van der Waals surface area contributed by atoms with Crippen molar-refractivity contribution >= 4 is 11.3 Å². The van der Waals surface area contributed by atoms with Gasteiger partial charge in [-0.15, -0.1) is 11.3 Å². The van der Waals surface area contributed by atoms with Crippen LogP contribution in [-0.2, 0) is 13.1 Å². The smallest absolute Gasteiger partial charge is 0.0798 e. The summed E-state index contributed by atoms with van der Waals surface area (Å²) in [5.74, 6) is 0.409. The summed E-state index contributed by atoms with van der Waals surface area (Å²) in [5, 5.41) is 9.79. The highest BCUT2D eigenvalue weighted by molar-refractivity contribution is 7.09. The first-order valence-electron chi connectivity index (χ1n) is 7.39. The van der Waals surface area contributed by atoms with Crippen molar-refractivity contribution in [1.82, 2.24) is 9.88 Å². The quantitative estimate of drug-likeness (QED) is 0.851. The molecule has 0 saturated carbocycles. The first-order chi connectivity index (χ1) is 10.1. The second kappa shape index (κ2) is 7.69. The van der Waals surface area contributed by atoms with E-state index in [-0.39, 0.29) is 12.6 Å². The van der Waals surface area contributed by atoms with Crippen LogP contribution in [0.25, 0.3) is 0 Å². The molecule has 2 rings (SSSR count). The molecule has 1 N–H and O–H groups in total. The third kappa shape index (κ3) is 4.37. The summed E-state index contributed by atoms with van der Waals surface area (Å²) in [5.41, 5.74) is 4.27. The van der Waals surface area contributed by atoms with Crippen LogP contribution >= 0.6 is 11.3 Å². The Balaban J connectivity index is 2.19. The largest absolute Gasteiger partial charge is 0.395 e. The van der Waals surface area contributed by atoms with Gasteiger partial charge in [0.05, 0.1) is 17.8 Å². The van der Waals surface area contributed by atoms with Crippen LogP contribution in [0.3, 0.4) is 0 Å². The second-order valence-electron chi connectivity index (χ2n) is 5.75. The molecule has 21 heavy (non-hydrogen) atoms. The number of thiazole rings is 1. The molecule has 0 radical (unpaired) electrons. The van der Waals surface area contributed by atoms with Gasteiger partial charge in [-0.05, 0) is 18.4 Å². The van der Waals surface area contributed by atoms with Gasteiger partial charge < -0.3 is 5.11 Å². The average Bonchev–Trinajstić information content (AvgIpc) is 2.85. The van der Waals surface area contributed by atoms with Crippen LogP contribution in [-0.4, -0.2) is 27.6 Å². The van der Waals surface area contributed by atoms with Crippen molar-refractivity contribution in [3.05, 3.63) is 52.0 Å². The third-order valence-corrected chi connectivity index (χ3v) is 4.77. The topological polar surface area (TPSA) is 36.4 Å². The van der Waals surface area contributed by atoms with Crippen LogP contribution < -0.4 is 0 Å². The minimum atomic E-state index is 0.159. The van der Waals surface area contributed by atoms with Gasteiger partial charge in [0.2, 0.25) is 0 Å². The second-order valence-corrected chi connectivity index (χ2v) is 6.68. The molecule has 1 unspecified atom stereocenters. The molecule has 2 aromatic rings. The van der Waals surface area contributed by atoms with Gasteiger partial charge in [0, 0.05) is 24.0 Å². The molecule has 0 aliphatic heterocycles. The van der Waals surface area contributed by atoms with Crippen molar-refractivity contribution in [1.29, 1.82) is 0 Å². The van der Waals surface area contributed by atoms with E-state index in [0.717, 1.165) is 18.8 Å². The van der Waals surface area contributed by atoms with E-state index < -0.39 is 0 Å². The van der Waals surface area contributed by atoms with E-state index in [0.29, 0.717) is 5.92 Å². The number of aryl methyl sites for hydroxylation is 1. The van der Waals surface area contributed by atoms with Crippen molar-refractivity contribution in [2.24, 2.45) is 5.92 Å². The fourth-order valence-corrected chi connectivity index (χ4v) is 3.32. The average molecular weight is 304 g/mol. The zero-order valence-electron chi connectivity index (χ0n) is 13.0. The fourth-order valence-electron chi connectivity index (χ4n) is 2.52.